The third kappa shape index (κ3) is 4.11. The lowest BCUT2D eigenvalue weighted by atomic mass is 9.97. The Bertz CT molecular complexity index is 763. The second kappa shape index (κ2) is 8.51. The molecular weight excluding hydrogens is 360 g/mol. The van der Waals surface area contributed by atoms with Crippen molar-refractivity contribution < 1.29 is 4.79 Å². The van der Waals surface area contributed by atoms with E-state index in [0.717, 1.165) is 25.9 Å². The Hall–Kier alpha value is -1.43. The van der Waals surface area contributed by atoms with Gasteiger partial charge >= 0.3 is 0 Å². The number of thiophene rings is 2. The van der Waals surface area contributed by atoms with Gasteiger partial charge in [-0.2, -0.15) is 0 Å². The number of carbonyl (C=O) groups excluding carboxylic acids is 1. The molecule has 2 aromatic rings. The first-order valence-corrected chi connectivity index (χ1v) is 11.4. The largest absolute Gasteiger partial charge is 0.355 e. The van der Waals surface area contributed by atoms with Gasteiger partial charge in [0.1, 0.15) is 0 Å². The SMILES string of the molecule is O=C(CN1CCc2sccc2[C@H]1c1cccs1)NCCC1=CCCCC1. The highest BCUT2D eigenvalue weighted by molar-refractivity contribution is 7.10. The summed E-state index contributed by atoms with van der Waals surface area (Å²) in [5.74, 6) is 0.154. The van der Waals surface area contributed by atoms with Crippen molar-refractivity contribution in [2.24, 2.45) is 0 Å². The molecule has 1 amide bonds. The van der Waals surface area contributed by atoms with Crippen molar-refractivity contribution in [2.45, 2.75) is 44.6 Å². The summed E-state index contributed by atoms with van der Waals surface area (Å²) in [4.78, 5) is 17.7. The van der Waals surface area contributed by atoms with Gasteiger partial charge in [-0.05, 0) is 67.0 Å². The van der Waals surface area contributed by atoms with E-state index in [0.29, 0.717) is 6.54 Å². The quantitative estimate of drug-likeness (QED) is 0.726. The molecule has 0 saturated carbocycles. The smallest absolute Gasteiger partial charge is 0.234 e. The van der Waals surface area contributed by atoms with Crippen LogP contribution < -0.4 is 5.32 Å². The van der Waals surface area contributed by atoms with Gasteiger partial charge in [0.15, 0.2) is 0 Å². The summed E-state index contributed by atoms with van der Waals surface area (Å²) in [5, 5.41) is 7.46. The second-order valence-corrected chi connectivity index (χ2v) is 9.13. The molecule has 5 heteroatoms. The van der Waals surface area contributed by atoms with Crippen LogP contribution in [-0.4, -0.2) is 30.4 Å². The van der Waals surface area contributed by atoms with Crippen LogP contribution in [0.5, 0.6) is 0 Å². The zero-order valence-corrected chi connectivity index (χ0v) is 16.7. The maximum Gasteiger partial charge on any atom is 0.234 e. The van der Waals surface area contributed by atoms with Crippen molar-refractivity contribution in [1.29, 1.82) is 0 Å². The summed E-state index contributed by atoms with van der Waals surface area (Å²) in [6.07, 6.45) is 9.47. The molecule has 1 atom stereocenters. The molecule has 138 valence electrons. The summed E-state index contributed by atoms with van der Waals surface area (Å²) in [7, 11) is 0. The fourth-order valence-corrected chi connectivity index (χ4v) is 5.83. The molecule has 26 heavy (non-hydrogen) atoms. The predicted octanol–water partition coefficient (Wildman–Crippen LogP) is 4.76. The number of fused-ring (bicyclic) bond motifs is 1. The molecule has 0 saturated heterocycles. The van der Waals surface area contributed by atoms with Crippen LogP contribution in [0.25, 0.3) is 0 Å². The van der Waals surface area contributed by atoms with Gasteiger partial charge in [0, 0.05) is 22.8 Å². The molecule has 1 N–H and O–H groups in total. The molecule has 2 aliphatic rings. The van der Waals surface area contributed by atoms with Crippen molar-refractivity contribution >= 4 is 28.6 Å². The summed E-state index contributed by atoms with van der Waals surface area (Å²) in [5.41, 5.74) is 2.91. The van der Waals surface area contributed by atoms with E-state index in [1.165, 1.54) is 46.6 Å². The normalized spacial score (nSPS) is 20.5. The van der Waals surface area contributed by atoms with E-state index in [2.05, 4.69) is 45.3 Å². The Labute approximate surface area is 163 Å². The van der Waals surface area contributed by atoms with Gasteiger partial charge in [-0.25, -0.2) is 0 Å². The number of amides is 1. The monoisotopic (exact) mass is 386 g/mol. The molecule has 3 heterocycles. The van der Waals surface area contributed by atoms with Crippen LogP contribution >= 0.6 is 22.7 Å². The van der Waals surface area contributed by atoms with E-state index in [1.807, 2.05) is 11.3 Å². The molecule has 0 bridgehead atoms. The van der Waals surface area contributed by atoms with E-state index < -0.39 is 0 Å². The molecular formula is C21H26N2OS2. The van der Waals surface area contributed by atoms with E-state index in [1.54, 1.807) is 11.3 Å². The first kappa shape index (κ1) is 18.0. The number of carbonyl (C=O) groups is 1. The molecule has 0 radical (unpaired) electrons. The minimum Gasteiger partial charge on any atom is -0.355 e. The second-order valence-electron chi connectivity index (χ2n) is 7.15. The zero-order chi connectivity index (χ0) is 17.8. The van der Waals surface area contributed by atoms with E-state index in [-0.39, 0.29) is 11.9 Å². The number of rotatable bonds is 6. The fourth-order valence-electron chi connectivity index (χ4n) is 4.05. The Morgan fingerprint density at radius 1 is 1.19 bits per heavy atom. The van der Waals surface area contributed by atoms with Crippen LogP contribution in [0.2, 0.25) is 0 Å². The Morgan fingerprint density at radius 3 is 2.96 bits per heavy atom. The highest BCUT2D eigenvalue weighted by Crippen LogP contribution is 2.39. The van der Waals surface area contributed by atoms with Crippen LogP contribution in [0, 0.1) is 0 Å². The number of hydrogen-bond donors (Lipinski definition) is 1. The lowest BCUT2D eigenvalue weighted by Crippen LogP contribution is -2.42. The van der Waals surface area contributed by atoms with Gasteiger partial charge in [-0.3, -0.25) is 9.69 Å². The summed E-state index contributed by atoms with van der Waals surface area (Å²) >= 11 is 3.64. The third-order valence-electron chi connectivity index (χ3n) is 5.38. The van der Waals surface area contributed by atoms with Crippen molar-refractivity contribution in [1.82, 2.24) is 10.2 Å². The van der Waals surface area contributed by atoms with Gasteiger partial charge < -0.3 is 5.32 Å². The van der Waals surface area contributed by atoms with Crippen LogP contribution in [0.1, 0.15) is 53.5 Å². The lowest BCUT2D eigenvalue weighted by molar-refractivity contribution is -0.122. The molecule has 4 rings (SSSR count). The average molecular weight is 387 g/mol. The highest BCUT2D eigenvalue weighted by atomic mass is 32.1. The molecule has 0 aromatic carbocycles. The first-order valence-electron chi connectivity index (χ1n) is 9.59. The molecule has 1 aliphatic heterocycles. The third-order valence-corrected chi connectivity index (χ3v) is 7.30. The topological polar surface area (TPSA) is 32.3 Å². The van der Waals surface area contributed by atoms with Crippen LogP contribution in [-0.2, 0) is 11.2 Å². The average Bonchev–Trinajstić information content (AvgIpc) is 3.34. The first-order chi connectivity index (χ1) is 12.8. The maximum atomic E-state index is 12.6. The van der Waals surface area contributed by atoms with Gasteiger partial charge in [-0.1, -0.05) is 17.7 Å². The maximum absolute atomic E-state index is 12.6. The van der Waals surface area contributed by atoms with Crippen LogP contribution in [0.3, 0.4) is 0 Å². The predicted molar refractivity (Wildman–Crippen MR) is 110 cm³/mol. The Morgan fingerprint density at radius 2 is 2.15 bits per heavy atom. The van der Waals surface area contributed by atoms with E-state index >= 15 is 0 Å². The minimum absolute atomic E-state index is 0.154. The standard InChI is InChI=1S/C21H26N2OS2/c24-20(22-11-8-16-5-2-1-3-6-16)15-23-12-9-18-17(10-14-26-18)21(23)19-7-4-13-25-19/h4-5,7,10,13-14,21H,1-3,6,8-9,11-12,15H2,(H,22,24)/t21-/m0/s1. The van der Waals surface area contributed by atoms with Crippen molar-refractivity contribution in [2.75, 3.05) is 19.6 Å². The molecule has 3 nitrogen and oxygen atoms in total. The Balaban J connectivity index is 1.37. The van der Waals surface area contributed by atoms with E-state index in [4.69, 9.17) is 0 Å². The van der Waals surface area contributed by atoms with E-state index in [9.17, 15) is 4.79 Å². The minimum atomic E-state index is 0.154. The zero-order valence-electron chi connectivity index (χ0n) is 15.1. The molecule has 2 aromatic heterocycles. The van der Waals surface area contributed by atoms with Crippen molar-refractivity contribution in [3.05, 3.63) is 55.9 Å². The highest BCUT2D eigenvalue weighted by Gasteiger charge is 2.31. The van der Waals surface area contributed by atoms with Crippen LogP contribution in [0.15, 0.2) is 40.6 Å². The van der Waals surface area contributed by atoms with Crippen molar-refractivity contribution in [3.8, 4) is 0 Å². The lowest BCUT2D eigenvalue weighted by Gasteiger charge is -2.34. The van der Waals surface area contributed by atoms with Crippen LogP contribution in [0.4, 0.5) is 0 Å². The number of nitrogens with one attached hydrogen (secondary N) is 1. The summed E-state index contributed by atoms with van der Waals surface area (Å²) in [6, 6.07) is 6.78. The molecule has 0 unspecified atom stereocenters. The van der Waals surface area contributed by atoms with Gasteiger partial charge in [0.05, 0.1) is 12.6 Å². The number of nitrogens with zero attached hydrogens (tertiary/aromatic N) is 1. The van der Waals surface area contributed by atoms with Gasteiger partial charge in [0.2, 0.25) is 5.91 Å². The molecule has 0 spiro atoms. The summed E-state index contributed by atoms with van der Waals surface area (Å²) < 4.78 is 0. The summed E-state index contributed by atoms with van der Waals surface area (Å²) in [6.45, 7) is 2.21. The number of hydrogen-bond acceptors (Lipinski definition) is 4. The molecule has 0 fully saturated rings. The van der Waals surface area contributed by atoms with Gasteiger partial charge in [0.25, 0.3) is 0 Å². The molecule has 1 aliphatic carbocycles. The fraction of sp³-hybridized carbons (Fsp3) is 0.476. The Kier molecular flexibility index (Phi) is 5.88. The van der Waals surface area contributed by atoms with Gasteiger partial charge in [-0.15, -0.1) is 22.7 Å². The number of allylic oxidation sites excluding steroid dienone is 1. The van der Waals surface area contributed by atoms with Crippen molar-refractivity contribution in [3.63, 3.8) is 0 Å².